The zero-order valence-electron chi connectivity index (χ0n) is 20.1. The zero-order chi connectivity index (χ0) is 24.9. The second-order valence-electron chi connectivity index (χ2n) is 10.5. The van der Waals surface area contributed by atoms with Crippen LogP contribution in [0.4, 0.5) is 11.4 Å². The van der Waals surface area contributed by atoms with Crippen LogP contribution in [0, 0.1) is 17.8 Å². The molecule has 4 aliphatic rings. The minimum Gasteiger partial charge on any atom is -0.382 e. The van der Waals surface area contributed by atoms with Gasteiger partial charge < -0.3 is 10.1 Å². The van der Waals surface area contributed by atoms with Crippen LogP contribution < -0.4 is 15.2 Å². The van der Waals surface area contributed by atoms with Gasteiger partial charge in [0, 0.05) is 38.2 Å². The maximum Gasteiger partial charge on any atom is 0.304 e. The molecule has 2 aliphatic heterocycles. The first-order chi connectivity index (χ1) is 17.4. The number of aromatic nitrogens is 2. The van der Waals surface area contributed by atoms with E-state index in [1.165, 1.54) is 15.4 Å². The van der Waals surface area contributed by atoms with Gasteiger partial charge in [0.1, 0.15) is 5.02 Å². The average Bonchev–Trinajstić information content (AvgIpc) is 3.81. The normalized spacial score (nSPS) is 26.9. The first-order valence-electron chi connectivity index (χ1n) is 12.9. The number of hydrogen-bond donors (Lipinski definition) is 1. The SMILES string of the molecule is O=c1c(Cl)c(NC[C@H]2COCC3C[C@H]32)cnn1C1CCN(S(=O)(=O)N(c2ccccc2)C2CC2)CC1. The molecule has 194 valence electrons. The third-order valence-corrected chi connectivity index (χ3v) is 10.4. The van der Waals surface area contributed by atoms with Crippen LogP contribution in [0.1, 0.15) is 38.1 Å². The van der Waals surface area contributed by atoms with Crippen molar-refractivity contribution >= 4 is 33.2 Å². The first kappa shape index (κ1) is 24.2. The molecule has 0 spiro atoms. The van der Waals surface area contributed by atoms with Crippen molar-refractivity contribution in [3.8, 4) is 0 Å². The van der Waals surface area contributed by atoms with Crippen molar-refractivity contribution in [3.05, 3.63) is 51.9 Å². The Balaban J connectivity index is 1.11. The smallest absolute Gasteiger partial charge is 0.304 e. The molecular weight excluding hydrogens is 502 g/mol. The summed E-state index contributed by atoms with van der Waals surface area (Å²) in [6, 6.07) is 9.11. The van der Waals surface area contributed by atoms with Gasteiger partial charge in [0.15, 0.2) is 0 Å². The van der Waals surface area contributed by atoms with E-state index in [4.69, 9.17) is 16.3 Å². The van der Waals surface area contributed by atoms with Crippen LogP contribution in [0.2, 0.25) is 5.02 Å². The predicted octanol–water partition coefficient (Wildman–Crippen LogP) is 3.14. The van der Waals surface area contributed by atoms with Crippen molar-refractivity contribution in [3.63, 3.8) is 0 Å². The minimum absolute atomic E-state index is 0.0178. The summed E-state index contributed by atoms with van der Waals surface area (Å²) in [5.41, 5.74) is 0.909. The molecule has 2 saturated carbocycles. The highest BCUT2D eigenvalue weighted by atomic mass is 35.5. The summed E-state index contributed by atoms with van der Waals surface area (Å²) < 4.78 is 37.3. The van der Waals surface area contributed by atoms with Crippen molar-refractivity contribution in [1.82, 2.24) is 14.1 Å². The van der Waals surface area contributed by atoms with Crippen LogP contribution in [0.5, 0.6) is 0 Å². The summed E-state index contributed by atoms with van der Waals surface area (Å²) in [6.45, 7) is 2.98. The number of hydrogen-bond acceptors (Lipinski definition) is 6. The standard InChI is InChI=1S/C25H32ClN5O4S/c26-24-23(27-13-18-16-35-15-17-12-22(17)18)14-28-30(25(24)32)19-8-10-29(11-9-19)36(33,34)31(21-6-7-21)20-4-2-1-3-5-20/h1-5,14,17-19,21-22,27H,6-13,15-16H2/t17?,18-,22+/m0/s1. The summed E-state index contributed by atoms with van der Waals surface area (Å²) in [5, 5.41) is 7.85. The summed E-state index contributed by atoms with van der Waals surface area (Å²) in [5.74, 6) is 1.82. The van der Waals surface area contributed by atoms with Crippen molar-refractivity contribution in [1.29, 1.82) is 0 Å². The Morgan fingerprint density at radius 3 is 2.58 bits per heavy atom. The highest BCUT2D eigenvalue weighted by Crippen LogP contribution is 2.47. The highest BCUT2D eigenvalue weighted by molar-refractivity contribution is 7.90. The molecule has 9 nitrogen and oxygen atoms in total. The van der Waals surface area contributed by atoms with Gasteiger partial charge in [-0.05, 0) is 56.1 Å². The van der Waals surface area contributed by atoms with E-state index in [0.717, 1.165) is 26.1 Å². The fraction of sp³-hybridized carbons (Fsp3) is 0.600. The van der Waals surface area contributed by atoms with E-state index in [1.54, 1.807) is 10.5 Å². The molecule has 1 N–H and O–H groups in total. The molecule has 0 bridgehead atoms. The monoisotopic (exact) mass is 533 g/mol. The Morgan fingerprint density at radius 1 is 1.11 bits per heavy atom. The molecule has 0 radical (unpaired) electrons. The van der Waals surface area contributed by atoms with Crippen molar-refractivity contribution in [2.24, 2.45) is 17.8 Å². The largest absolute Gasteiger partial charge is 0.382 e. The maximum absolute atomic E-state index is 13.5. The lowest BCUT2D eigenvalue weighted by molar-refractivity contribution is 0.0517. The van der Waals surface area contributed by atoms with Gasteiger partial charge in [-0.25, -0.2) is 4.68 Å². The summed E-state index contributed by atoms with van der Waals surface area (Å²) in [7, 11) is -3.65. The number of piperidine rings is 1. The van der Waals surface area contributed by atoms with E-state index in [2.05, 4.69) is 10.4 Å². The van der Waals surface area contributed by atoms with Crippen LogP contribution in [-0.2, 0) is 14.9 Å². The molecule has 2 aromatic rings. The van der Waals surface area contributed by atoms with Gasteiger partial charge >= 0.3 is 10.2 Å². The molecule has 1 aromatic heterocycles. The number of rotatable bonds is 8. The van der Waals surface area contributed by atoms with Crippen LogP contribution in [0.3, 0.4) is 0 Å². The first-order valence-corrected chi connectivity index (χ1v) is 14.6. The van der Waals surface area contributed by atoms with Gasteiger partial charge in [0.05, 0.1) is 30.2 Å². The Labute approximate surface area is 216 Å². The number of anilines is 2. The summed E-state index contributed by atoms with van der Waals surface area (Å²) in [6.07, 6.45) is 5.59. The van der Waals surface area contributed by atoms with Crippen LogP contribution in [0.25, 0.3) is 0 Å². The molecule has 3 atom stereocenters. The fourth-order valence-corrected chi connectivity index (χ4v) is 7.77. The van der Waals surface area contributed by atoms with E-state index in [0.29, 0.717) is 61.6 Å². The number of nitrogens with one attached hydrogen (secondary N) is 1. The van der Waals surface area contributed by atoms with E-state index in [9.17, 15) is 13.2 Å². The quantitative estimate of drug-likeness (QED) is 0.560. The molecule has 4 fully saturated rings. The molecule has 1 unspecified atom stereocenters. The topological polar surface area (TPSA) is 96.8 Å². The third-order valence-electron chi connectivity index (χ3n) is 7.98. The Bertz CT molecular complexity index is 1260. The molecule has 11 heteroatoms. The molecule has 2 saturated heterocycles. The molecule has 36 heavy (non-hydrogen) atoms. The van der Waals surface area contributed by atoms with Crippen molar-refractivity contribution in [2.45, 2.75) is 44.2 Å². The average molecular weight is 534 g/mol. The fourth-order valence-electron chi connectivity index (χ4n) is 5.67. The van der Waals surface area contributed by atoms with Gasteiger partial charge in [-0.3, -0.25) is 9.10 Å². The van der Waals surface area contributed by atoms with Gasteiger partial charge in [-0.1, -0.05) is 29.8 Å². The van der Waals surface area contributed by atoms with E-state index in [1.807, 2.05) is 30.3 Å². The third kappa shape index (κ3) is 4.64. The lowest BCUT2D eigenvalue weighted by atomic mass is 10.0. The summed E-state index contributed by atoms with van der Waals surface area (Å²) in [4.78, 5) is 13.0. The lowest BCUT2D eigenvalue weighted by Crippen LogP contribution is -2.49. The van der Waals surface area contributed by atoms with Crippen molar-refractivity contribution < 1.29 is 13.2 Å². The van der Waals surface area contributed by atoms with E-state index in [-0.39, 0.29) is 22.7 Å². The van der Waals surface area contributed by atoms with E-state index < -0.39 is 10.2 Å². The number of halogens is 1. The number of fused-ring (bicyclic) bond motifs is 1. The molecule has 3 heterocycles. The second kappa shape index (κ2) is 9.63. The second-order valence-corrected chi connectivity index (χ2v) is 12.6. The molecule has 0 amide bonds. The molecule has 2 aliphatic carbocycles. The maximum atomic E-state index is 13.5. The van der Waals surface area contributed by atoms with Crippen LogP contribution in [0.15, 0.2) is 41.3 Å². The lowest BCUT2D eigenvalue weighted by Gasteiger charge is -2.36. The van der Waals surface area contributed by atoms with Crippen LogP contribution >= 0.6 is 11.6 Å². The highest BCUT2D eigenvalue weighted by Gasteiger charge is 2.46. The Morgan fingerprint density at radius 2 is 1.86 bits per heavy atom. The van der Waals surface area contributed by atoms with Gasteiger partial charge in [-0.15, -0.1) is 0 Å². The minimum atomic E-state index is -3.65. The van der Waals surface area contributed by atoms with Crippen LogP contribution in [-0.4, -0.2) is 61.4 Å². The van der Waals surface area contributed by atoms with E-state index >= 15 is 0 Å². The molecular formula is C25H32ClN5O4S. The summed E-state index contributed by atoms with van der Waals surface area (Å²) >= 11 is 6.45. The molecule has 6 rings (SSSR count). The molecule has 1 aromatic carbocycles. The Kier molecular flexibility index (Phi) is 6.47. The van der Waals surface area contributed by atoms with Gasteiger partial charge in [0.2, 0.25) is 0 Å². The number of benzene rings is 1. The number of para-hydroxylation sites is 1. The number of ether oxygens (including phenoxy) is 1. The van der Waals surface area contributed by atoms with Gasteiger partial charge in [0.25, 0.3) is 5.56 Å². The van der Waals surface area contributed by atoms with Gasteiger partial charge in [-0.2, -0.15) is 17.8 Å². The zero-order valence-corrected chi connectivity index (χ0v) is 21.7. The number of nitrogens with zero attached hydrogens (tertiary/aromatic N) is 4. The predicted molar refractivity (Wildman–Crippen MR) is 139 cm³/mol. The van der Waals surface area contributed by atoms with Crippen molar-refractivity contribution in [2.75, 3.05) is 42.5 Å². The Hall–Kier alpha value is -2.14.